The van der Waals surface area contributed by atoms with E-state index in [4.69, 9.17) is 0 Å². The Morgan fingerprint density at radius 2 is 1.79 bits per heavy atom. The minimum atomic E-state index is -0.408. The molecule has 1 fully saturated rings. The summed E-state index contributed by atoms with van der Waals surface area (Å²) in [4.78, 5) is 39.3. The van der Waals surface area contributed by atoms with E-state index in [1.807, 2.05) is 32.0 Å². The molecule has 1 atom stereocenters. The molecule has 0 aromatic heterocycles. The normalized spacial score (nSPS) is 15.8. The lowest BCUT2D eigenvalue weighted by Crippen LogP contribution is -2.46. The third-order valence-corrected chi connectivity index (χ3v) is 5.14. The molecule has 6 heteroatoms. The summed E-state index contributed by atoms with van der Waals surface area (Å²) in [5, 5.41) is 5.74. The van der Waals surface area contributed by atoms with Crippen molar-refractivity contribution in [2.75, 3.05) is 18.4 Å². The molecular weight excluding hydrogens is 366 g/mol. The van der Waals surface area contributed by atoms with E-state index >= 15 is 0 Å². The Labute approximate surface area is 171 Å². The smallest absolute Gasteiger partial charge is 0.255 e. The molecule has 2 aromatic rings. The van der Waals surface area contributed by atoms with E-state index in [0.29, 0.717) is 36.3 Å². The second-order valence-electron chi connectivity index (χ2n) is 7.29. The van der Waals surface area contributed by atoms with Gasteiger partial charge in [0.25, 0.3) is 11.8 Å². The van der Waals surface area contributed by atoms with Gasteiger partial charge in [-0.05, 0) is 62.1 Å². The van der Waals surface area contributed by atoms with Crippen molar-refractivity contribution >= 4 is 23.4 Å². The molecular formula is C23H27N3O3. The van der Waals surface area contributed by atoms with Crippen LogP contribution in [0.2, 0.25) is 0 Å². The summed E-state index contributed by atoms with van der Waals surface area (Å²) < 4.78 is 0. The molecule has 3 rings (SSSR count). The van der Waals surface area contributed by atoms with Gasteiger partial charge < -0.3 is 15.5 Å². The summed E-state index contributed by atoms with van der Waals surface area (Å²) in [7, 11) is 0. The van der Waals surface area contributed by atoms with Gasteiger partial charge in [0.15, 0.2) is 0 Å². The van der Waals surface area contributed by atoms with E-state index in [1.165, 1.54) is 0 Å². The van der Waals surface area contributed by atoms with Crippen molar-refractivity contribution in [3.8, 4) is 0 Å². The van der Waals surface area contributed by atoms with E-state index in [2.05, 4.69) is 10.6 Å². The predicted octanol–water partition coefficient (Wildman–Crippen LogP) is 3.38. The summed E-state index contributed by atoms with van der Waals surface area (Å²) in [6, 6.07) is 13.8. The zero-order valence-electron chi connectivity index (χ0n) is 16.9. The van der Waals surface area contributed by atoms with E-state index in [-0.39, 0.29) is 17.7 Å². The Balaban J connectivity index is 1.66. The van der Waals surface area contributed by atoms with Crippen molar-refractivity contribution < 1.29 is 14.4 Å². The first-order chi connectivity index (χ1) is 14.0. The molecule has 2 N–H and O–H groups in total. The van der Waals surface area contributed by atoms with Crippen LogP contribution in [0.1, 0.15) is 52.5 Å². The molecule has 0 aliphatic carbocycles. The molecule has 1 aliphatic heterocycles. The first-order valence-electron chi connectivity index (χ1n) is 10.1. The number of aryl methyl sites for hydroxylation is 1. The third kappa shape index (κ3) is 4.83. The zero-order chi connectivity index (χ0) is 20.8. The van der Waals surface area contributed by atoms with E-state index in [9.17, 15) is 14.4 Å². The van der Waals surface area contributed by atoms with Crippen molar-refractivity contribution in [1.29, 1.82) is 0 Å². The zero-order valence-corrected chi connectivity index (χ0v) is 16.9. The lowest BCUT2D eigenvalue weighted by molar-refractivity contribution is -0.124. The minimum Gasteiger partial charge on any atom is -0.354 e. The number of hydrogen-bond acceptors (Lipinski definition) is 3. The predicted molar refractivity (Wildman–Crippen MR) is 113 cm³/mol. The van der Waals surface area contributed by atoms with Crippen LogP contribution in [0.25, 0.3) is 0 Å². The lowest BCUT2D eigenvalue weighted by atomic mass is 10.1. The standard InChI is InChI=1S/C23H27N3O3/c1-3-14-24-22(28)20-9-6-15-26(20)23(29)17-10-12-18(13-11-17)25-21(27)19-8-5-4-7-16(19)2/h4-5,7-8,10-13,20H,3,6,9,14-15H2,1-2H3,(H,24,28)(H,25,27)/t20-/m1/s1. The van der Waals surface area contributed by atoms with E-state index < -0.39 is 6.04 Å². The fourth-order valence-electron chi connectivity index (χ4n) is 3.54. The van der Waals surface area contributed by atoms with Gasteiger partial charge in [-0.2, -0.15) is 0 Å². The topological polar surface area (TPSA) is 78.5 Å². The number of hydrogen-bond donors (Lipinski definition) is 2. The Bertz CT molecular complexity index is 892. The quantitative estimate of drug-likeness (QED) is 0.790. The van der Waals surface area contributed by atoms with Gasteiger partial charge in [0.2, 0.25) is 5.91 Å². The minimum absolute atomic E-state index is 0.0835. The van der Waals surface area contributed by atoms with Crippen molar-refractivity contribution in [3.63, 3.8) is 0 Å². The second kappa shape index (κ2) is 9.37. The maximum Gasteiger partial charge on any atom is 0.255 e. The molecule has 1 saturated heterocycles. The van der Waals surface area contributed by atoms with Gasteiger partial charge in [-0.1, -0.05) is 25.1 Å². The summed E-state index contributed by atoms with van der Waals surface area (Å²) in [5.74, 6) is -0.426. The van der Waals surface area contributed by atoms with E-state index in [1.54, 1.807) is 35.2 Å². The number of nitrogens with zero attached hydrogens (tertiary/aromatic N) is 1. The Hall–Kier alpha value is -3.15. The summed E-state index contributed by atoms with van der Waals surface area (Å²) in [6.45, 7) is 5.08. The van der Waals surface area contributed by atoms with Crippen LogP contribution in [0.15, 0.2) is 48.5 Å². The Morgan fingerprint density at radius 3 is 2.48 bits per heavy atom. The molecule has 0 unspecified atom stereocenters. The molecule has 0 radical (unpaired) electrons. The molecule has 0 spiro atoms. The molecule has 1 heterocycles. The second-order valence-corrected chi connectivity index (χ2v) is 7.29. The highest BCUT2D eigenvalue weighted by atomic mass is 16.2. The molecule has 0 saturated carbocycles. The molecule has 1 aliphatic rings. The van der Waals surface area contributed by atoms with Crippen LogP contribution in [0.3, 0.4) is 0 Å². The maximum atomic E-state index is 12.9. The molecule has 2 aromatic carbocycles. The van der Waals surface area contributed by atoms with Crippen LogP contribution < -0.4 is 10.6 Å². The van der Waals surface area contributed by atoms with Gasteiger partial charge in [0.1, 0.15) is 6.04 Å². The number of benzene rings is 2. The van der Waals surface area contributed by atoms with Crippen LogP contribution in [0.5, 0.6) is 0 Å². The van der Waals surface area contributed by atoms with Gasteiger partial charge in [-0.15, -0.1) is 0 Å². The Kier molecular flexibility index (Phi) is 6.65. The average molecular weight is 393 g/mol. The molecule has 6 nitrogen and oxygen atoms in total. The third-order valence-electron chi connectivity index (χ3n) is 5.14. The highest BCUT2D eigenvalue weighted by molar-refractivity contribution is 6.05. The summed E-state index contributed by atoms with van der Waals surface area (Å²) in [6.07, 6.45) is 2.37. The first kappa shape index (κ1) is 20.6. The van der Waals surface area contributed by atoms with E-state index in [0.717, 1.165) is 18.4 Å². The Morgan fingerprint density at radius 1 is 1.07 bits per heavy atom. The summed E-state index contributed by atoms with van der Waals surface area (Å²) in [5.41, 5.74) is 2.64. The van der Waals surface area contributed by atoms with Gasteiger partial charge in [0, 0.05) is 29.9 Å². The van der Waals surface area contributed by atoms with Crippen LogP contribution in [-0.4, -0.2) is 41.8 Å². The first-order valence-corrected chi connectivity index (χ1v) is 10.1. The highest BCUT2D eigenvalue weighted by Crippen LogP contribution is 2.21. The number of anilines is 1. The molecule has 3 amide bonds. The monoisotopic (exact) mass is 393 g/mol. The van der Waals surface area contributed by atoms with Crippen molar-refractivity contribution in [2.24, 2.45) is 0 Å². The number of carbonyl (C=O) groups excluding carboxylic acids is 3. The fourth-order valence-corrected chi connectivity index (χ4v) is 3.54. The fraction of sp³-hybridized carbons (Fsp3) is 0.348. The van der Waals surface area contributed by atoms with Crippen LogP contribution in [-0.2, 0) is 4.79 Å². The number of carbonyl (C=O) groups is 3. The SMILES string of the molecule is CCCNC(=O)[C@H]1CCCN1C(=O)c1ccc(NC(=O)c2ccccc2C)cc1. The largest absolute Gasteiger partial charge is 0.354 e. The molecule has 29 heavy (non-hydrogen) atoms. The van der Waals surface area contributed by atoms with Gasteiger partial charge in [0.05, 0.1) is 0 Å². The highest BCUT2D eigenvalue weighted by Gasteiger charge is 2.34. The number of nitrogens with one attached hydrogen (secondary N) is 2. The van der Waals surface area contributed by atoms with Crippen molar-refractivity contribution in [2.45, 2.75) is 39.2 Å². The number of rotatable bonds is 6. The van der Waals surface area contributed by atoms with Crippen molar-refractivity contribution in [3.05, 3.63) is 65.2 Å². The number of likely N-dealkylation sites (tertiary alicyclic amines) is 1. The van der Waals surface area contributed by atoms with Crippen LogP contribution >= 0.6 is 0 Å². The summed E-state index contributed by atoms with van der Waals surface area (Å²) >= 11 is 0. The van der Waals surface area contributed by atoms with Gasteiger partial charge >= 0.3 is 0 Å². The van der Waals surface area contributed by atoms with Crippen molar-refractivity contribution in [1.82, 2.24) is 10.2 Å². The van der Waals surface area contributed by atoms with Gasteiger partial charge in [-0.3, -0.25) is 14.4 Å². The average Bonchev–Trinajstić information content (AvgIpc) is 3.22. The van der Waals surface area contributed by atoms with Crippen LogP contribution in [0.4, 0.5) is 5.69 Å². The molecule has 152 valence electrons. The lowest BCUT2D eigenvalue weighted by Gasteiger charge is -2.24. The molecule has 0 bridgehead atoms. The van der Waals surface area contributed by atoms with Gasteiger partial charge in [-0.25, -0.2) is 0 Å². The maximum absolute atomic E-state index is 12.9. The van der Waals surface area contributed by atoms with Crippen LogP contribution in [0, 0.1) is 6.92 Å². The number of amides is 3.